The summed E-state index contributed by atoms with van der Waals surface area (Å²) in [7, 11) is 1.81. The second-order valence-corrected chi connectivity index (χ2v) is 6.21. The Labute approximate surface area is 116 Å². The molecule has 1 saturated carbocycles. The normalized spacial score (nSPS) is 18.2. The predicted octanol–water partition coefficient (Wildman–Crippen LogP) is 0.0784. The molecular formula is C11H20N6OS. The summed E-state index contributed by atoms with van der Waals surface area (Å²) in [5, 5.41) is 15.4. The van der Waals surface area contributed by atoms with Gasteiger partial charge in [0.25, 0.3) is 0 Å². The molecule has 0 aliphatic heterocycles. The van der Waals surface area contributed by atoms with Crippen molar-refractivity contribution in [2.24, 2.45) is 12.8 Å². The molecule has 0 radical (unpaired) electrons. The molecule has 19 heavy (non-hydrogen) atoms. The van der Waals surface area contributed by atoms with Crippen molar-refractivity contribution in [1.82, 2.24) is 25.5 Å². The fraction of sp³-hybridized carbons (Fsp3) is 0.818. The summed E-state index contributed by atoms with van der Waals surface area (Å²) in [6.45, 7) is 1.89. The van der Waals surface area contributed by atoms with Gasteiger partial charge in [0.1, 0.15) is 0 Å². The number of amides is 1. The quantitative estimate of drug-likeness (QED) is 0.518. The molecule has 7 nitrogen and oxygen atoms in total. The predicted molar refractivity (Wildman–Crippen MR) is 72.5 cm³/mol. The van der Waals surface area contributed by atoms with Crippen molar-refractivity contribution in [3.05, 3.63) is 0 Å². The number of aromatic nitrogens is 4. The molecule has 1 fully saturated rings. The number of carbonyl (C=O) groups is 1. The van der Waals surface area contributed by atoms with Crippen LogP contribution in [0.1, 0.15) is 32.6 Å². The highest BCUT2D eigenvalue weighted by molar-refractivity contribution is 7.99. The summed E-state index contributed by atoms with van der Waals surface area (Å²) in [4.78, 5) is 11.6. The Hall–Kier alpha value is -1.15. The smallest absolute Gasteiger partial charge is 0.237 e. The topological polar surface area (TPSA) is 98.7 Å². The van der Waals surface area contributed by atoms with Crippen molar-refractivity contribution in [3.63, 3.8) is 0 Å². The maximum Gasteiger partial charge on any atom is 0.237 e. The molecule has 106 valence electrons. The van der Waals surface area contributed by atoms with E-state index in [9.17, 15) is 4.79 Å². The number of hydrogen-bond donors (Lipinski definition) is 2. The molecule has 1 amide bonds. The first-order valence-electron chi connectivity index (χ1n) is 6.44. The van der Waals surface area contributed by atoms with Gasteiger partial charge in [-0.2, -0.15) is 0 Å². The number of hydrogen-bond acceptors (Lipinski definition) is 6. The van der Waals surface area contributed by atoms with Gasteiger partial charge in [-0.3, -0.25) is 4.79 Å². The van der Waals surface area contributed by atoms with Crippen LogP contribution in [0.4, 0.5) is 0 Å². The molecular weight excluding hydrogens is 264 g/mol. The van der Waals surface area contributed by atoms with Crippen LogP contribution < -0.4 is 11.1 Å². The van der Waals surface area contributed by atoms with Crippen molar-refractivity contribution in [2.75, 3.05) is 5.75 Å². The third-order valence-electron chi connectivity index (χ3n) is 3.28. The van der Waals surface area contributed by atoms with Gasteiger partial charge in [-0.25, -0.2) is 4.68 Å². The lowest BCUT2D eigenvalue weighted by molar-refractivity contribution is -0.124. The van der Waals surface area contributed by atoms with E-state index >= 15 is 0 Å². The van der Waals surface area contributed by atoms with Crippen LogP contribution in [0.25, 0.3) is 0 Å². The van der Waals surface area contributed by atoms with E-state index in [0.29, 0.717) is 6.04 Å². The molecule has 2 rings (SSSR count). The molecule has 1 atom stereocenters. The van der Waals surface area contributed by atoms with Crippen LogP contribution in [0.3, 0.4) is 0 Å². The van der Waals surface area contributed by atoms with E-state index in [0.717, 1.165) is 36.6 Å². The Morgan fingerprint density at radius 1 is 1.63 bits per heavy atom. The van der Waals surface area contributed by atoms with Crippen LogP contribution >= 0.6 is 11.8 Å². The van der Waals surface area contributed by atoms with Crippen molar-refractivity contribution in [3.8, 4) is 0 Å². The minimum absolute atomic E-state index is 0.273. The van der Waals surface area contributed by atoms with Gasteiger partial charge in [0, 0.05) is 18.8 Å². The Bertz CT molecular complexity index is 446. The highest BCUT2D eigenvalue weighted by Gasteiger charge is 2.36. The molecule has 1 aromatic heterocycles. The second-order valence-electron chi connectivity index (χ2n) is 5.15. The lowest BCUT2D eigenvalue weighted by atomic mass is 9.95. The van der Waals surface area contributed by atoms with E-state index in [-0.39, 0.29) is 5.91 Å². The first-order chi connectivity index (χ1) is 9.01. The molecule has 0 saturated heterocycles. The third-order valence-corrected chi connectivity index (χ3v) is 4.37. The van der Waals surface area contributed by atoms with Gasteiger partial charge in [-0.05, 0) is 43.0 Å². The molecule has 1 aromatic rings. The van der Waals surface area contributed by atoms with Gasteiger partial charge >= 0.3 is 0 Å². The van der Waals surface area contributed by atoms with Gasteiger partial charge in [0.05, 0.1) is 5.54 Å². The lowest BCUT2D eigenvalue weighted by Gasteiger charge is -2.27. The molecule has 1 heterocycles. The number of primary amides is 1. The zero-order chi connectivity index (χ0) is 13.9. The number of rotatable bonds is 8. The molecule has 8 heteroatoms. The van der Waals surface area contributed by atoms with Crippen molar-refractivity contribution < 1.29 is 4.79 Å². The van der Waals surface area contributed by atoms with Crippen LogP contribution in [0.2, 0.25) is 0 Å². The van der Waals surface area contributed by atoms with E-state index in [1.54, 1.807) is 16.4 Å². The van der Waals surface area contributed by atoms with Gasteiger partial charge in [0.2, 0.25) is 11.1 Å². The van der Waals surface area contributed by atoms with Gasteiger partial charge in [-0.1, -0.05) is 11.8 Å². The Morgan fingerprint density at radius 3 is 2.89 bits per heavy atom. The lowest BCUT2D eigenvalue weighted by Crippen LogP contribution is -2.54. The zero-order valence-electron chi connectivity index (χ0n) is 11.3. The van der Waals surface area contributed by atoms with Crippen LogP contribution in [0, 0.1) is 0 Å². The highest BCUT2D eigenvalue weighted by Crippen LogP contribution is 2.25. The average molecular weight is 284 g/mol. The second kappa shape index (κ2) is 5.87. The van der Waals surface area contributed by atoms with Gasteiger partial charge in [-0.15, -0.1) is 5.10 Å². The number of tetrazole rings is 1. The summed E-state index contributed by atoms with van der Waals surface area (Å²) in [6, 6.07) is 0.466. The number of nitrogens with zero attached hydrogens (tertiary/aromatic N) is 4. The fourth-order valence-electron chi connectivity index (χ4n) is 1.88. The number of aryl methyl sites for hydroxylation is 1. The van der Waals surface area contributed by atoms with E-state index < -0.39 is 5.54 Å². The monoisotopic (exact) mass is 284 g/mol. The third kappa shape index (κ3) is 3.90. The zero-order valence-corrected chi connectivity index (χ0v) is 12.1. The Balaban J connectivity index is 1.76. The molecule has 0 bridgehead atoms. The first-order valence-corrected chi connectivity index (χ1v) is 7.42. The van der Waals surface area contributed by atoms with E-state index in [1.807, 2.05) is 14.0 Å². The Morgan fingerprint density at radius 2 is 2.37 bits per heavy atom. The Kier molecular flexibility index (Phi) is 4.41. The number of thioether (sulfide) groups is 1. The minimum Gasteiger partial charge on any atom is -0.368 e. The molecule has 1 unspecified atom stereocenters. The van der Waals surface area contributed by atoms with E-state index in [2.05, 4.69) is 20.8 Å². The van der Waals surface area contributed by atoms with Crippen molar-refractivity contribution >= 4 is 17.7 Å². The van der Waals surface area contributed by atoms with Crippen LogP contribution in [0.15, 0.2) is 5.16 Å². The van der Waals surface area contributed by atoms with Crippen LogP contribution in [0.5, 0.6) is 0 Å². The van der Waals surface area contributed by atoms with Crippen molar-refractivity contribution in [1.29, 1.82) is 0 Å². The molecule has 0 aromatic carbocycles. The van der Waals surface area contributed by atoms with E-state index in [4.69, 9.17) is 5.73 Å². The summed E-state index contributed by atoms with van der Waals surface area (Å²) >= 11 is 1.59. The van der Waals surface area contributed by atoms with Gasteiger partial charge < -0.3 is 11.1 Å². The standard InChI is InChI=1S/C11H20N6OS/c1-11(9(12)18,13-8-4-5-8)6-3-7-19-10-14-15-16-17(10)2/h8,13H,3-7H2,1-2H3,(H2,12,18). The van der Waals surface area contributed by atoms with Gasteiger partial charge in [0.15, 0.2) is 0 Å². The van der Waals surface area contributed by atoms with E-state index in [1.165, 1.54) is 0 Å². The number of nitrogens with two attached hydrogens (primary N) is 1. The first kappa shape index (κ1) is 14.3. The SMILES string of the molecule is Cn1nnnc1SCCCC(C)(NC1CC1)C(N)=O. The van der Waals surface area contributed by atoms with Crippen LogP contribution in [-0.4, -0.2) is 43.4 Å². The maximum absolute atomic E-state index is 11.6. The molecule has 1 aliphatic rings. The highest BCUT2D eigenvalue weighted by atomic mass is 32.2. The summed E-state index contributed by atoms with van der Waals surface area (Å²) in [5.74, 6) is 0.591. The molecule has 3 N–H and O–H groups in total. The number of nitrogens with one attached hydrogen (secondary N) is 1. The summed E-state index contributed by atoms with van der Waals surface area (Å²) in [6.07, 6.45) is 3.90. The maximum atomic E-state index is 11.6. The average Bonchev–Trinajstić information content (AvgIpc) is 3.06. The fourth-order valence-corrected chi connectivity index (χ4v) is 2.67. The van der Waals surface area contributed by atoms with Crippen molar-refractivity contribution in [2.45, 2.75) is 49.3 Å². The molecule has 0 spiro atoms. The number of carbonyl (C=O) groups excluding carboxylic acids is 1. The van der Waals surface area contributed by atoms with Crippen LogP contribution in [-0.2, 0) is 11.8 Å². The summed E-state index contributed by atoms with van der Waals surface area (Å²) < 4.78 is 1.64. The largest absolute Gasteiger partial charge is 0.368 e. The molecule has 1 aliphatic carbocycles. The minimum atomic E-state index is -0.597. The summed E-state index contributed by atoms with van der Waals surface area (Å²) in [5.41, 5.74) is 4.91.